The summed E-state index contributed by atoms with van der Waals surface area (Å²) in [6, 6.07) is 15.4. The van der Waals surface area contributed by atoms with Crippen LogP contribution in [0, 0.1) is 6.92 Å². The minimum absolute atomic E-state index is 0.0621. The van der Waals surface area contributed by atoms with Gasteiger partial charge in [-0.25, -0.2) is 13.2 Å². The molecule has 0 atom stereocenters. The van der Waals surface area contributed by atoms with Crippen molar-refractivity contribution in [2.24, 2.45) is 0 Å². The normalized spacial score (nSPS) is 10.8. The third kappa shape index (κ3) is 5.12. The molecule has 0 saturated carbocycles. The van der Waals surface area contributed by atoms with Gasteiger partial charge < -0.3 is 19.5 Å². The van der Waals surface area contributed by atoms with E-state index in [1.807, 2.05) is 0 Å². The van der Waals surface area contributed by atoms with E-state index in [1.165, 1.54) is 45.6 Å². The van der Waals surface area contributed by atoms with Gasteiger partial charge in [-0.2, -0.15) is 0 Å². The number of hydrogen-bond donors (Lipinski definition) is 2. The number of rotatable bonds is 8. The van der Waals surface area contributed by atoms with E-state index in [1.54, 1.807) is 43.3 Å². The molecule has 0 aliphatic rings. The van der Waals surface area contributed by atoms with Gasteiger partial charge >= 0.3 is 5.97 Å². The average Bonchev–Trinajstić information content (AvgIpc) is 2.84. The fourth-order valence-electron chi connectivity index (χ4n) is 3.25. The van der Waals surface area contributed by atoms with Gasteiger partial charge in [0.05, 0.1) is 43.2 Å². The highest BCUT2D eigenvalue weighted by molar-refractivity contribution is 7.92. The first-order valence-electron chi connectivity index (χ1n) is 10.0. The summed E-state index contributed by atoms with van der Waals surface area (Å²) < 4.78 is 43.3. The molecular weight excluding hydrogens is 460 g/mol. The Balaban J connectivity index is 1.96. The van der Waals surface area contributed by atoms with Crippen LogP contribution < -0.4 is 19.5 Å². The zero-order valence-electron chi connectivity index (χ0n) is 19.0. The van der Waals surface area contributed by atoms with E-state index in [2.05, 4.69) is 10.0 Å². The maximum Gasteiger partial charge on any atom is 0.340 e. The van der Waals surface area contributed by atoms with Crippen LogP contribution >= 0.6 is 0 Å². The van der Waals surface area contributed by atoms with Gasteiger partial charge in [0, 0.05) is 17.7 Å². The van der Waals surface area contributed by atoms with Crippen molar-refractivity contribution >= 4 is 33.3 Å². The van der Waals surface area contributed by atoms with E-state index in [0.29, 0.717) is 11.3 Å². The molecule has 0 fully saturated rings. The zero-order chi connectivity index (χ0) is 24.9. The molecule has 0 saturated heterocycles. The Morgan fingerprint density at radius 3 is 2.06 bits per heavy atom. The number of carbonyl (C=O) groups excluding carboxylic acids is 2. The third-order valence-electron chi connectivity index (χ3n) is 5.05. The largest absolute Gasteiger partial charge is 0.493 e. The van der Waals surface area contributed by atoms with Crippen molar-refractivity contribution in [2.75, 3.05) is 31.4 Å². The summed E-state index contributed by atoms with van der Waals surface area (Å²) >= 11 is 0. The highest BCUT2D eigenvalue weighted by Crippen LogP contribution is 2.34. The monoisotopic (exact) mass is 484 g/mol. The summed E-state index contributed by atoms with van der Waals surface area (Å²) in [6.45, 7) is 1.62. The Morgan fingerprint density at radius 1 is 0.794 bits per heavy atom. The number of nitrogens with one attached hydrogen (secondary N) is 2. The third-order valence-corrected chi connectivity index (χ3v) is 6.43. The van der Waals surface area contributed by atoms with Crippen LogP contribution in [-0.4, -0.2) is 41.6 Å². The highest BCUT2D eigenvalue weighted by Gasteiger charge is 2.22. The minimum atomic E-state index is -3.85. The Morgan fingerprint density at radius 2 is 1.44 bits per heavy atom. The van der Waals surface area contributed by atoms with Gasteiger partial charge in [-0.3, -0.25) is 9.52 Å². The van der Waals surface area contributed by atoms with Crippen LogP contribution in [0.1, 0.15) is 26.3 Å². The zero-order valence-corrected chi connectivity index (χ0v) is 19.9. The van der Waals surface area contributed by atoms with Crippen LogP contribution in [0.5, 0.6) is 11.5 Å². The fraction of sp³-hybridized carbons (Fsp3) is 0.167. The second-order valence-electron chi connectivity index (χ2n) is 7.10. The number of hydrogen-bond acceptors (Lipinski definition) is 7. The molecule has 0 radical (unpaired) electrons. The number of ether oxygens (including phenoxy) is 3. The van der Waals surface area contributed by atoms with Crippen LogP contribution in [0.25, 0.3) is 0 Å². The van der Waals surface area contributed by atoms with Crippen molar-refractivity contribution in [3.05, 3.63) is 77.4 Å². The first-order valence-corrected chi connectivity index (χ1v) is 11.5. The van der Waals surface area contributed by atoms with Crippen molar-refractivity contribution in [3.8, 4) is 11.5 Å². The molecule has 0 bridgehead atoms. The molecule has 0 aromatic heterocycles. The van der Waals surface area contributed by atoms with Crippen molar-refractivity contribution < 1.29 is 32.2 Å². The van der Waals surface area contributed by atoms with Gasteiger partial charge in [0.15, 0.2) is 11.5 Å². The molecule has 0 heterocycles. The Kier molecular flexibility index (Phi) is 7.42. The number of methoxy groups -OCH3 is 3. The lowest BCUT2D eigenvalue weighted by molar-refractivity contribution is 0.0601. The lowest BCUT2D eigenvalue weighted by Gasteiger charge is -2.16. The predicted molar refractivity (Wildman–Crippen MR) is 127 cm³/mol. The molecule has 0 aliphatic carbocycles. The van der Waals surface area contributed by atoms with Crippen molar-refractivity contribution in [2.45, 2.75) is 11.8 Å². The SMILES string of the molecule is COC(=O)c1cc(OC)c(OC)cc1NC(=O)c1cccc(NS(=O)(=O)c2ccccc2)c1C. The molecule has 178 valence electrons. The molecular formula is C24H24N2O7S. The second-order valence-corrected chi connectivity index (χ2v) is 8.78. The number of sulfonamides is 1. The fourth-order valence-corrected chi connectivity index (χ4v) is 4.39. The van der Waals surface area contributed by atoms with Gasteiger partial charge in [-0.05, 0) is 36.8 Å². The quantitative estimate of drug-likeness (QED) is 0.466. The molecule has 2 N–H and O–H groups in total. The molecule has 3 aromatic rings. The summed E-state index contributed by atoms with van der Waals surface area (Å²) in [4.78, 5) is 25.5. The smallest absolute Gasteiger partial charge is 0.340 e. The van der Waals surface area contributed by atoms with Crippen molar-refractivity contribution in [1.29, 1.82) is 0 Å². The van der Waals surface area contributed by atoms with E-state index in [4.69, 9.17) is 14.2 Å². The molecule has 34 heavy (non-hydrogen) atoms. The van der Waals surface area contributed by atoms with Gasteiger partial charge in [0.2, 0.25) is 0 Å². The van der Waals surface area contributed by atoms with Crippen molar-refractivity contribution in [1.82, 2.24) is 0 Å². The van der Waals surface area contributed by atoms with E-state index >= 15 is 0 Å². The van der Waals surface area contributed by atoms with Crippen LogP contribution in [-0.2, 0) is 14.8 Å². The lowest BCUT2D eigenvalue weighted by Crippen LogP contribution is -2.19. The average molecular weight is 485 g/mol. The molecule has 9 nitrogen and oxygen atoms in total. The molecule has 10 heteroatoms. The Labute approximate surface area is 197 Å². The summed E-state index contributed by atoms with van der Waals surface area (Å²) in [5.74, 6) is -0.658. The summed E-state index contributed by atoms with van der Waals surface area (Å²) in [6.07, 6.45) is 0. The maximum atomic E-state index is 13.1. The number of carbonyl (C=O) groups is 2. The maximum absolute atomic E-state index is 13.1. The van der Waals surface area contributed by atoms with Gasteiger partial charge in [-0.1, -0.05) is 24.3 Å². The number of benzene rings is 3. The summed E-state index contributed by atoms with van der Waals surface area (Å²) in [7, 11) is 0.214. The standard InChI is InChI=1S/C24H24N2O7S/c1-15-17(11-8-12-19(15)26-34(29,30)16-9-6-5-7-10-16)23(27)25-20-14-22(32-3)21(31-2)13-18(20)24(28)33-4/h5-14,26H,1-4H3,(H,25,27). The van der Waals surface area contributed by atoms with Crippen LogP contribution in [0.15, 0.2) is 65.6 Å². The number of anilines is 2. The van der Waals surface area contributed by atoms with Gasteiger partial charge in [-0.15, -0.1) is 0 Å². The topological polar surface area (TPSA) is 120 Å². The molecule has 3 aromatic carbocycles. The van der Waals surface area contributed by atoms with E-state index < -0.39 is 21.9 Å². The van der Waals surface area contributed by atoms with Gasteiger partial charge in [0.1, 0.15) is 0 Å². The lowest BCUT2D eigenvalue weighted by atomic mass is 10.1. The summed E-state index contributed by atoms with van der Waals surface area (Å²) in [5.41, 5.74) is 1.06. The van der Waals surface area contributed by atoms with E-state index in [0.717, 1.165) is 0 Å². The van der Waals surface area contributed by atoms with E-state index in [-0.39, 0.29) is 33.1 Å². The predicted octanol–water partition coefficient (Wildman–Crippen LogP) is 3.85. The highest BCUT2D eigenvalue weighted by atomic mass is 32.2. The minimum Gasteiger partial charge on any atom is -0.493 e. The van der Waals surface area contributed by atoms with E-state index in [9.17, 15) is 18.0 Å². The molecule has 3 rings (SSSR count). The molecule has 0 spiro atoms. The van der Waals surface area contributed by atoms with Crippen LogP contribution in [0.2, 0.25) is 0 Å². The second kappa shape index (κ2) is 10.3. The molecule has 1 amide bonds. The Bertz CT molecular complexity index is 1320. The first-order chi connectivity index (χ1) is 16.2. The Hall–Kier alpha value is -4.05. The van der Waals surface area contributed by atoms with Crippen LogP contribution in [0.4, 0.5) is 11.4 Å². The molecule has 0 aliphatic heterocycles. The number of esters is 1. The van der Waals surface area contributed by atoms with Gasteiger partial charge in [0.25, 0.3) is 15.9 Å². The first kappa shape index (κ1) is 24.6. The molecule has 0 unspecified atom stereocenters. The van der Waals surface area contributed by atoms with Crippen molar-refractivity contribution in [3.63, 3.8) is 0 Å². The summed E-state index contributed by atoms with van der Waals surface area (Å²) in [5, 5.41) is 2.68. The number of amides is 1. The van der Waals surface area contributed by atoms with Crippen LogP contribution in [0.3, 0.4) is 0 Å².